The number of aliphatic hydroxyl groups is 1. The molecule has 2 fully saturated rings. The molecule has 2 aliphatic heterocycles. The lowest BCUT2D eigenvalue weighted by molar-refractivity contribution is 0.0618. The van der Waals surface area contributed by atoms with Crippen molar-refractivity contribution in [3.05, 3.63) is 65.7 Å². The van der Waals surface area contributed by atoms with Crippen molar-refractivity contribution in [1.29, 1.82) is 0 Å². The van der Waals surface area contributed by atoms with E-state index in [1.165, 1.54) is 5.56 Å². The van der Waals surface area contributed by atoms with Gasteiger partial charge in [0, 0.05) is 51.9 Å². The number of β-amino-alcohol motifs (C(OH)–C–C–N with tert-alkyl or cyclic N) is 1. The van der Waals surface area contributed by atoms with Crippen LogP contribution in [0.5, 0.6) is 0 Å². The Hall–Kier alpha value is -1.77. The van der Waals surface area contributed by atoms with Crippen LogP contribution in [0.15, 0.2) is 59.5 Å². The van der Waals surface area contributed by atoms with E-state index in [1.54, 1.807) is 16.4 Å². The molecule has 0 bridgehead atoms. The van der Waals surface area contributed by atoms with Gasteiger partial charge in [-0.1, -0.05) is 48.0 Å². The Morgan fingerprint density at radius 1 is 0.931 bits per heavy atom. The SMILES string of the molecule is Cc1ccc(S(=O)(=O)N2CCN(C3CN(Cc4ccccc4)CC3O)CC2)cc1. The fourth-order valence-electron chi connectivity index (χ4n) is 4.31. The van der Waals surface area contributed by atoms with Gasteiger partial charge in [0.15, 0.2) is 0 Å². The van der Waals surface area contributed by atoms with E-state index in [0.717, 1.165) is 18.7 Å². The highest BCUT2D eigenvalue weighted by molar-refractivity contribution is 7.89. The fourth-order valence-corrected chi connectivity index (χ4v) is 5.73. The highest BCUT2D eigenvalue weighted by atomic mass is 32.2. The highest BCUT2D eigenvalue weighted by Gasteiger charge is 2.38. The molecule has 156 valence electrons. The third-order valence-corrected chi connectivity index (χ3v) is 7.90. The predicted octanol–water partition coefficient (Wildman–Crippen LogP) is 1.55. The molecule has 2 atom stereocenters. The summed E-state index contributed by atoms with van der Waals surface area (Å²) in [4.78, 5) is 4.88. The molecule has 0 aromatic heterocycles. The number of rotatable bonds is 5. The lowest BCUT2D eigenvalue weighted by atomic mass is 10.1. The van der Waals surface area contributed by atoms with Crippen molar-refractivity contribution in [3.8, 4) is 0 Å². The summed E-state index contributed by atoms with van der Waals surface area (Å²) in [7, 11) is -3.46. The van der Waals surface area contributed by atoms with E-state index >= 15 is 0 Å². The summed E-state index contributed by atoms with van der Waals surface area (Å²) in [6, 6.07) is 17.4. The number of piperazine rings is 1. The topological polar surface area (TPSA) is 64.1 Å². The van der Waals surface area contributed by atoms with E-state index in [0.29, 0.717) is 37.6 Å². The molecule has 29 heavy (non-hydrogen) atoms. The van der Waals surface area contributed by atoms with Gasteiger partial charge >= 0.3 is 0 Å². The van der Waals surface area contributed by atoms with Crippen LogP contribution in [0.3, 0.4) is 0 Å². The van der Waals surface area contributed by atoms with Crippen LogP contribution in [0.1, 0.15) is 11.1 Å². The van der Waals surface area contributed by atoms with Gasteiger partial charge in [-0.05, 0) is 24.6 Å². The molecule has 2 aromatic carbocycles. The van der Waals surface area contributed by atoms with Crippen LogP contribution in [0, 0.1) is 6.92 Å². The molecule has 2 aliphatic rings. The van der Waals surface area contributed by atoms with Gasteiger partial charge in [0.2, 0.25) is 10.0 Å². The standard InChI is InChI=1S/C22H29N3O3S/c1-18-7-9-20(10-8-18)29(27,28)25-13-11-24(12-14-25)21-16-23(17-22(21)26)15-19-5-3-2-4-6-19/h2-10,21-22,26H,11-17H2,1H3. The van der Waals surface area contributed by atoms with Crippen LogP contribution >= 0.6 is 0 Å². The number of sulfonamides is 1. The fraction of sp³-hybridized carbons (Fsp3) is 0.455. The molecular weight excluding hydrogens is 386 g/mol. The van der Waals surface area contributed by atoms with Crippen LogP contribution in [-0.2, 0) is 16.6 Å². The number of benzene rings is 2. The lowest BCUT2D eigenvalue weighted by Gasteiger charge is -2.38. The quantitative estimate of drug-likeness (QED) is 0.803. The first-order valence-corrected chi connectivity index (χ1v) is 11.6. The van der Waals surface area contributed by atoms with Gasteiger partial charge in [-0.2, -0.15) is 4.31 Å². The summed E-state index contributed by atoms with van der Waals surface area (Å²) in [6.07, 6.45) is -0.404. The van der Waals surface area contributed by atoms with Crippen molar-refractivity contribution in [1.82, 2.24) is 14.1 Å². The average molecular weight is 416 g/mol. The molecule has 7 heteroatoms. The summed E-state index contributed by atoms with van der Waals surface area (Å²) >= 11 is 0. The zero-order chi connectivity index (χ0) is 20.4. The Labute approximate surface area is 173 Å². The second-order valence-corrected chi connectivity index (χ2v) is 10.0. The minimum absolute atomic E-state index is 0.0583. The predicted molar refractivity (Wildman–Crippen MR) is 113 cm³/mol. The third kappa shape index (κ3) is 4.54. The zero-order valence-corrected chi connectivity index (χ0v) is 17.6. The normalized spacial score (nSPS) is 24.8. The first-order valence-electron chi connectivity index (χ1n) is 10.2. The molecule has 2 heterocycles. The van der Waals surface area contributed by atoms with Gasteiger partial charge in [0.1, 0.15) is 0 Å². The number of hydrogen-bond donors (Lipinski definition) is 1. The van der Waals surface area contributed by atoms with Crippen molar-refractivity contribution in [3.63, 3.8) is 0 Å². The minimum atomic E-state index is -3.46. The molecule has 1 N–H and O–H groups in total. The molecular formula is C22H29N3O3S. The summed E-state index contributed by atoms with van der Waals surface area (Å²) in [5, 5.41) is 10.6. The average Bonchev–Trinajstić information content (AvgIpc) is 3.09. The molecule has 0 amide bonds. The van der Waals surface area contributed by atoms with E-state index < -0.39 is 16.1 Å². The van der Waals surface area contributed by atoms with Gasteiger partial charge in [-0.15, -0.1) is 0 Å². The van der Waals surface area contributed by atoms with Crippen molar-refractivity contribution in [2.24, 2.45) is 0 Å². The molecule has 2 aromatic rings. The molecule has 4 rings (SSSR count). The Kier molecular flexibility index (Phi) is 6.03. The van der Waals surface area contributed by atoms with E-state index in [1.807, 2.05) is 37.3 Å². The molecule has 2 saturated heterocycles. The van der Waals surface area contributed by atoms with Gasteiger partial charge in [-0.3, -0.25) is 9.80 Å². The molecule has 0 saturated carbocycles. The number of aliphatic hydroxyl groups excluding tert-OH is 1. The third-order valence-electron chi connectivity index (χ3n) is 5.98. The van der Waals surface area contributed by atoms with Crippen LogP contribution in [-0.4, -0.2) is 79.0 Å². The molecule has 6 nitrogen and oxygen atoms in total. The number of hydrogen-bond acceptors (Lipinski definition) is 5. The highest BCUT2D eigenvalue weighted by Crippen LogP contribution is 2.23. The first-order chi connectivity index (χ1) is 13.9. The Bertz CT molecular complexity index is 910. The summed E-state index contributed by atoms with van der Waals surface area (Å²) in [5.74, 6) is 0. The largest absolute Gasteiger partial charge is 0.390 e. The van der Waals surface area contributed by atoms with Crippen LogP contribution in [0.25, 0.3) is 0 Å². The Balaban J connectivity index is 1.35. The lowest BCUT2D eigenvalue weighted by Crippen LogP contribution is -2.54. The minimum Gasteiger partial charge on any atom is -0.390 e. The monoisotopic (exact) mass is 415 g/mol. The Morgan fingerprint density at radius 3 is 2.24 bits per heavy atom. The van der Waals surface area contributed by atoms with Crippen molar-refractivity contribution < 1.29 is 13.5 Å². The zero-order valence-electron chi connectivity index (χ0n) is 16.8. The van der Waals surface area contributed by atoms with Gasteiger partial charge in [0.25, 0.3) is 0 Å². The van der Waals surface area contributed by atoms with Crippen LogP contribution in [0.2, 0.25) is 0 Å². The molecule has 0 aliphatic carbocycles. The van der Waals surface area contributed by atoms with E-state index in [9.17, 15) is 13.5 Å². The van der Waals surface area contributed by atoms with Gasteiger partial charge in [0.05, 0.1) is 11.0 Å². The van der Waals surface area contributed by atoms with E-state index in [2.05, 4.69) is 21.9 Å². The van der Waals surface area contributed by atoms with E-state index in [4.69, 9.17) is 0 Å². The second kappa shape index (κ2) is 8.53. The molecule has 0 radical (unpaired) electrons. The maximum atomic E-state index is 12.9. The van der Waals surface area contributed by atoms with Crippen LogP contribution < -0.4 is 0 Å². The number of likely N-dealkylation sites (tertiary alicyclic amines) is 1. The Morgan fingerprint density at radius 2 is 1.59 bits per heavy atom. The first kappa shape index (κ1) is 20.5. The molecule has 0 spiro atoms. The smallest absolute Gasteiger partial charge is 0.243 e. The van der Waals surface area contributed by atoms with Gasteiger partial charge < -0.3 is 5.11 Å². The summed E-state index contributed by atoms with van der Waals surface area (Å²) in [6.45, 7) is 6.44. The molecule has 2 unspecified atom stereocenters. The maximum absolute atomic E-state index is 12.9. The van der Waals surface area contributed by atoms with Crippen molar-refractivity contribution in [2.75, 3.05) is 39.3 Å². The summed E-state index contributed by atoms with van der Waals surface area (Å²) < 4.78 is 27.4. The summed E-state index contributed by atoms with van der Waals surface area (Å²) in [5.41, 5.74) is 2.29. The maximum Gasteiger partial charge on any atom is 0.243 e. The van der Waals surface area contributed by atoms with Gasteiger partial charge in [-0.25, -0.2) is 8.42 Å². The second-order valence-electron chi connectivity index (χ2n) is 8.07. The number of nitrogens with zero attached hydrogens (tertiary/aromatic N) is 3. The van der Waals surface area contributed by atoms with E-state index in [-0.39, 0.29) is 6.04 Å². The van der Waals surface area contributed by atoms with Crippen molar-refractivity contribution >= 4 is 10.0 Å². The van der Waals surface area contributed by atoms with Crippen molar-refractivity contribution in [2.45, 2.75) is 30.5 Å². The number of aryl methyl sites for hydroxylation is 1. The van der Waals surface area contributed by atoms with Crippen LogP contribution in [0.4, 0.5) is 0 Å².